The van der Waals surface area contributed by atoms with E-state index in [1.807, 2.05) is 37.3 Å². The number of fused-ring (bicyclic) bond motifs is 3. The van der Waals surface area contributed by atoms with Crippen LogP contribution in [0.25, 0.3) is 6.08 Å². The molecule has 2 bridgehead atoms. The highest BCUT2D eigenvalue weighted by atomic mass is 16.6. The van der Waals surface area contributed by atoms with Crippen molar-refractivity contribution in [3.05, 3.63) is 65.3 Å². The van der Waals surface area contributed by atoms with Gasteiger partial charge in [0.2, 0.25) is 0 Å². The van der Waals surface area contributed by atoms with Crippen LogP contribution in [0, 0.1) is 34.5 Å². The van der Waals surface area contributed by atoms with E-state index in [0.29, 0.717) is 11.5 Å². The molecule has 0 saturated heterocycles. The maximum atomic E-state index is 14.3. The molecule has 6 nitrogen and oxygen atoms in total. The molecule has 1 aromatic rings. The lowest BCUT2D eigenvalue weighted by Gasteiger charge is -2.48. The smallest absolute Gasteiger partial charge is 0.331 e. The predicted octanol–water partition coefficient (Wildman–Crippen LogP) is 3.08. The van der Waals surface area contributed by atoms with Gasteiger partial charge in [-0.15, -0.1) is 0 Å². The first kappa shape index (κ1) is 24.2. The summed E-state index contributed by atoms with van der Waals surface area (Å²) in [4.78, 5) is 27.1. The molecule has 35 heavy (non-hydrogen) atoms. The number of carbonyl (C=O) groups is 2. The van der Waals surface area contributed by atoms with E-state index >= 15 is 0 Å². The summed E-state index contributed by atoms with van der Waals surface area (Å²) >= 11 is 0. The van der Waals surface area contributed by atoms with Crippen LogP contribution in [0.4, 0.5) is 0 Å². The molecule has 0 heterocycles. The lowest BCUT2D eigenvalue weighted by atomic mass is 9.59. The summed E-state index contributed by atoms with van der Waals surface area (Å²) in [6.45, 7) is 7.47. The van der Waals surface area contributed by atoms with Crippen molar-refractivity contribution in [2.75, 3.05) is 6.61 Å². The molecule has 4 aliphatic rings. The van der Waals surface area contributed by atoms with Crippen molar-refractivity contribution in [2.45, 2.75) is 51.9 Å². The van der Waals surface area contributed by atoms with Gasteiger partial charge in [0.05, 0.1) is 12.0 Å². The Hall–Kier alpha value is -2.54. The number of carbonyl (C=O) groups excluding carboxylic acids is 2. The van der Waals surface area contributed by atoms with Crippen molar-refractivity contribution in [2.24, 2.45) is 34.5 Å². The van der Waals surface area contributed by atoms with Gasteiger partial charge >= 0.3 is 5.97 Å². The molecular formula is C29H34O6. The molecule has 5 rings (SSSR count). The number of aliphatic hydroxyl groups excluding tert-OH is 2. The molecule has 2 saturated carbocycles. The van der Waals surface area contributed by atoms with Gasteiger partial charge in [-0.05, 0) is 59.3 Å². The minimum Gasteiger partial charge on any atom is -0.451 e. The third-order valence-corrected chi connectivity index (χ3v) is 9.34. The van der Waals surface area contributed by atoms with Crippen LogP contribution < -0.4 is 0 Å². The summed E-state index contributed by atoms with van der Waals surface area (Å²) in [6, 6.07) is 9.28. The zero-order valence-electron chi connectivity index (χ0n) is 20.6. The number of allylic oxidation sites excluding steroid dienone is 1. The lowest BCUT2D eigenvalue weighted by molar-refractivity contribution is -0.201. The number of rotatable bonds is 4. The molecule has 8 unspecified atom stereocenters. The Morgan fingerprint density at radius 2 is 1.91 bits per heavy atom. The van der Waals surface area contributed by atoms with Gasteiger partial charge in [0.15, 0.2) is 17.5 Å². The predicted molar refractivity (Wildman–Crippen MR) is 131 cm³/mol. The number of Topliss-reactive ketones (excluding diaryl/α,β-unsaturated/α-hetero) is 1. The zero-order chi connectivity index (χ0) is 25.3. The molecule has 1 spiro atoms. The second-order valence-corrected chi connectivity index (χ2v) is 11.4. The molecule has 0 amide bonds. The number of aliphatic hydroxyl groups is 3. The summed E-state index contributed by atoms with van der Waals surface area (Å²) < 4.78 is 5.77. The third kappa shape index (κ3) is 3.19. The molecule has 0 aliphatic heterocycles. The zero-order valence-corrected chi connectivity index (χ0v) is 20.6. The van der Waals surface area contributed by atoms with Gasteiger partial charge < -0.3 is 20.1 Å². The first-order valence-electron chi connectivity index (χ1n) is 12.4. The average Bonchev–Trinajstić information content (AvgIpc) is 3.32. The van der Waals surface area contributed by atoms with E-state index in [1.165, 1.54) is 6.08 Å². The number of hydrogen-bond acceptors (Lipinski definition) is 6. The summed E-state index contributed by atoms with van der Waals surface area (Å²) in [5.41, 5.74) is -2.03. The fourth-order valence-corrected chi connectivity index (χ4v) is 7.48. The highest BCUT2D eigenvalue weighted by Gasteiger charge is 2.76. The maximum Gasteiger partial charge on any atom is 0.331 e. The Morgan fingerprint density at radius 3 is 2.57 bits per heavy atom. The normalized spacial score (nSPS) is 41.3. The van der Waals surface area contributed by atoms with E-state index in [9.17, 15) is 24.9 Å². The standard InChI is InChI=1S/C29H34O6/c1-16-14-28-17(2)12-21-23(27(21,3)4)20(25(28)33)13-19(15-30)24(32)29(28,34)26(16)35-22(31)11-10-18-8-6-5-7-9-18/h5-11,13-14,17,20-21,23-24,26,30,32,34H,12,15H2,1-4H3. The van der Waals surface area contributed by atoms with Gasteiger partial charge in [-0.2, -0.15) is 0 Å². The highest BCUT2D eigenvalue weighted by molar-refractivity contribution is 5.95. The van der Waals surface area contributed by atoms with Crippen LogP contribution in [0.2, 0.25) is 0 Å². The van der Waals surface area contributed by atoms with Gasteiger partial charge in [-0.25, -0.2) is 4.79 Å². The first-order chi connectivity index (χ1) is 16.5. The van der Waals surface area contributed by atoms with Gasteiger partial charge in [-0.3, -0.25) is 4.79 Å². The van der Waals surface area contributed by atoms with Crippen LogP contribution in [-0.2, 0) is 14.3 Å². The molecule has 3 N–H and O–H groups in total. The minimum absolute atomic E-state index is 0.0356. The van der Waals surface area contributed by atoms with Crippen LogP contribution in [0.5, 0.6) is 0 Å². The monoisotopic (exact) mass is 478 g/mol. The lowest BCUT2D eigenvalue weighted by Crippen LogP contribution is -2.65. The SMILES string of the molecule is CC1=CC23C(=O)C(C=C(CO)C(O)C2(O)C1OC(=O)C=Cc1ccccc1)C1C(CC3C)C1(C)C. The van der Waals surface area contributed by atoms with Crippen LogP contribution in [0.1, 0.15) is 39.7 Å². The number of benzene rings is 1. The molecule has 2 fully saturated rings. The van der Waals surface area contributed by atoms with E-state index in [2.05, 4.69) is 13.8 Å². The van der Waals surface area contributed by atoms with Crippen molar-refractivity contribution in [3.8, 4) is 0 Å². The Morgan fingerprint density at radius 1 is 1.23 bits per heavy atom. The largest absolute Gasteiger partial charge is 0.451 e. The van der Waals surface area contributed by atoms with Gasteiger partial charge in [0.1, 0.15) is 6.10 Å². The number of hydrogen-bond donors (Lipinski definition) is 3. The van der Waals surface area contributed by atoms with Gasteiger partial charge in [0, 0.05) is 12.0 Å². The van der Waals surface area contributed by atoms with Crippen molar-refractivity contribution in [1.29, 1.82) is 0 Å². The Kier molecular flexibility index (Phi) is 5.51. The Balaban J connectivity index is 1.56. The molecule has 0 radical (unpaired) electrons. The average molecular weight is 479 g/mol. The van der Waals surface area contributed by atoms with E-state index in [1.54, 1.807) is 25.2 Å². The topological polar surface area (TPSA) is 104 Å². The fraction of sp³-hybridized carbons (Fsp3) is 0.517. The molecular weight excluding hydrogens is 444 g/mol. The molecule has 6 heteroatoms. The Labute approximate surface area is 206 Å². The van der Waals surface area contributed by atoms with E-state index < -0.39 is 41.7 Å². The minimum atomic E-state index is -2.12. The second kappa shape index (κ2) is 7.99. The van der Waals surface area contributed by atoms with Crippen molar-refractivity contribution < 1.29 is 29.6 Å². The number of ether oxygens (including phenoxy) is 1. The van der Waals surface area contributed by atoms with E-state index in [4.69, 9.17) is 4.74 Å². The molecule has 186 valence electrons. The summed E-state index contributed by atoms with van der Waals surface area (Å²) in [5, 5.41) is 34.0. The Bertz CT molecular complexity index is 1150. The van der Waals surface area contributed by atoms with E-state index in [0.717, 1.165) is 12.0 Å². The quantitative estimate of drug-likeness (QED) is 0.349. The number of ketones is 1. The number of esters is 1. The summed E-state index contributed by atoms with van der Waals surface area (Å²) in [6.07, 6.45) is 4.23. The maximum absolute atomic E-state index is 14.3. The van der Waals surface area contributed by atoms with E-state index in [-0.39, 0.29) is 28.6 Å². The fourth-order valence-electron chi connectivity index (χ4n) is 7.48. The molecule has 8 atom stereocenters. The van der Waals surface area contributed by atoms with Crippen LogP contribution in [-0.4, -0.2) is 51.5 Å². The van der Waals surface area contributed by atoms with Crippen LogP contribution in [0.15, 0.2) is 59.7 Å². The summed E-state index contributed by atoms with van der Waals surface area (Å²) in [7, 11) is 0. The van der Waals surface area contributed by atoms with Crippen molar-refractivity contribution in [1.82, 2.24) is 0 Å². The third-order valence-electron chi connectivity index (χ3n) is 9.34. The summed E-state index contributed by atoms with van der Waals surface area (Å²) in [5.74, 6) is -1.29. The molecule has 0 aromatic heterocycles. The van der Waals surface area contributed by atoms with Crippen molar-refractivity contribution in [3.63, 3.8) is 0 Å². The van der Waals surface area contributed by atoms with Crippen LogP contribution >= 0.6 is 0 Å². The van der Waals surface area contributed by atoms with Crippen molar-refractivity contribution >= 4 is 17.8 Å². The van der Waals surface area contributed by atoms with Gasteiger partial charge in [0.25, 0.3) is 0 Å². The second-order valence-electron chi connectivity index (χ2n) is 11.4. The molecule has 4 aliphatic carbocycles. The first-order valence-corrected chi connectivity index (χ1v) is 12.4. The van der Waals surface area contributed by atoms with Gasteiger partial charge in [-0.1, -0.05) is 63.3 Å². The molecule has 1 aromatic carbocycles. The highest BCUT2D eigenvalue weighted by Crippen LogP contribution is 2.71. The van der Waals surface area contributed by atoms with Crippen LogP contribution in [0.3, 0.4) is 0 Å².